The molecular weight excluding hydrogens is 233 g/mol. The number of benzene rings is 1. The molecule has 0 aliphatic rings. The van der Waals surface area contributed by atoms with Crippen LogP contribution in [0.5, 0.6) is 0 Å². The quantitative estimate of drug-likeness (QED) is 0.857. The van der Waals surface area contributed by atoms with Gasteiger partial charge in [-0.15, -0.1) is 0 Å². The zero-order valence-electron chi connectivity index (χ0n) is 8.87. The van der Waals surface area contributed by atoms with Crippen molar-refractivity contribution >= 4 is 17.4 Å². The van der Waals surface area contributed by atoms with E-state index >= 15 is 0 Å². The van der Waals surface area contributed by atoms with Crippen LogP contribution in [-0.2, 0) is 16.0 Å². The molecule has 88 valence electrons. The summed E-state index contributed by atoms with van der Waals surface area (Å²) in [5, 5.41) is 0.0392. The van der Waals surface area contributed by atoms with Gasteiger partial charge in [-0.3, -0.25) is 4.79 Å². The summed E-state index contributed by atoms with van der Waals surface area (Å²) in [4.78, 5) is 11.5. The van der Waals surface area contributed by atoms with Gasteiger partial charge in [0.15, 0.2) is 5.78 Å². The van der Waals surface area contributed by atoms with E-state index < -0.39 is 11.9 Å². The third-order valence-corrected chi connectivity index (χ3v) is 2.43. The molecule has 0 radical (unpaired) electrons. The minimum absolute atomic E-state index is 0.0392. The van der Waals surface area contributed by atoms with Gasteiger partial charge in [0.25, 0.3) is 0 Å². The van der Waals surface area contributed by atoms with Crippen molar-refractivity contribution in [3.8, 4) is 0 Å². The van der Waals surface area contributed by atoms with Crippen LogP contribution < -0.4 is 5.73 Å². The molecule has 0 aliphatic heterocycles. The Morgan fingerprint density at radius 3 is 2.88 bits per heavy atom. The molecule has 0 saturated heterocycles. The van der Waals surface area contributed by atoms with Crippen LogP contribution in [0.4, 0.5) is 4.39 Å². The summed E-state index contributed by atoms with van der Waals surface area (Å²) in [6.07, 6.45) is 0.0820. The lowest BCUT2D eigenvalue weighted by Crippen LogP contribution is -2.35. The van der Waals surface area contributed by atoms with Gasteiger partial charge in [0, 0.05) is 13.5 Å². The summed E-state index contributed by atoms with van der Waals surface area (Å²) >= 11 is 5.52. The highest BCUT2D eigenvalue weighted by Crippen LogP contribution is 2.16. The molecule has 2 N–H and O–H groups in total. The maximum atomic E-state index is 13.1. The summed E-state index contributed by atoms with van der Waals surface area (Å²) in [6, 6.07) is 3.58. The van der Waals surface area contributed by atoms with Gasteiger partial charge >= 0.3 is 0 Å². The molecule has 0 aromatic heterocycles. The predicted molar refractivity (Wildman–Crippen MR) is 60.0 cm³/mol. The second-order valence-electron chi connectivity index (χ2n) is 3.45. The van der Waals surface area contributed by atoms with Gasteiger partial charge in [0.1, 0.15) is 5.82 Å². The van der Waals surface area contributed by atoms with Gasteiger partial charge < -0.3 is 10.5 Å². The summed E-state index contributed by atoms with van der Waals surface area (Å²) in [6.45, 7) is 0.162. The molecule has 16 heavy (non-hydrogen) atoms. The number of hydrogen-bond acceptors (Lipinski definition) is 3. The highest BCUT2D eigenvalue weighted by molar-refractivity contribution is 6.30. The van der Waals surface area contributed by atoms with Crippen molar-refractivity contribution in [1.29, 1.82) is 0 Å². The number of halogens is 2. The topological polar surface area (TPSA) is 52.3 Å². The first-order valence-corrected chi connectivity index (χ1v) is 5.13. The van der Waals surface area contributed by atoms with Crippen LogP contribution in [0, 0.1) is 5.82 Å². The first kappa shape index (κ1) is 13.1. The fourth-order valence-electron chi connectivity index (χ4n) is 1.25. The maximum Gasteiger partial charge on any atom is 0.156 e. The normalized spacial score (nSPS) is 12.5. The van der Waals surface area contributed by atoms with Crippen LogP contribution in [-0.4, -0.2) is 25.5 Å². The largest absolute Gasteiger partial charge is 0.383 e. The van der Waals surface area contributed by atoms with Crippen LogP contribution in [0.15, 0.2) is 18.2 Å². The van der Waals surface area contributed by atoms with E-state index in [4.69, 9.17) is 22.1 Å². The Labute approximate surface area is 98.3 Å². The van der Waals surface area contributed by atoms with Crippen molar-refractivity contribution in [1.82, 2.24) is 0 Å². The molecule has 0 heterocycles. The van der Waals surface area contributed by atoms with E-state index in [9.17, 15) is 9.18 Å². The molecule has 1 unspecified atom stereocenters. The van der Waals surface area contributed by atoms with E-state index in [1.807, 2.05) is 0 Å². The molecule has 0 amide bonds. The zero-order valence-corrected chi connectivity index (χ0v) is 9.63. The Balaban J connectivity index is 2.66. The zero-order chi connectivity index (χ0) is 12.1. The van der Waals surface area contributed by atoms with Crippen molar-refractivity contribution < 1.29 is 13.9 Å². The molecular formula is C11H13ClFNO2. The molecule has 3 nitrogen and oxygen atoms in total. The average molecular weight is 246 g/mol. The standard InChI is InChI=1S/C11H13ClFNO2/c1-16-6-10(14)11(15)5-7-2-3-8(12)9(13)4-7/h2-4,10H,5-6,14H2,1H3. The average Bonchev–Trinajstić information content (AvgIpc) is 2.24. The molecule has 1 aromatic rings. The van der Waals surface area contributed by atoms with Gasteiger partial charge in [-0.25, -0.2) is 4.39 Å². The monoisotopic (exact) mass is 245 g/mol. The Morgan fingerprint density at radius 2 is 2.31 bits per heavy atom. The maximum absolute atomic E-state index is 13.1. The van der Waals surface area contributed by atoms with Crippen molar-refractivity contribution in [3.63, 3.8) is 0 Å². The van der Waals surface area contributed by atoms with Crippen LogP contribution >= 0.6 is 11.6 Å². The number of ether oxygens (including phenoxy) is 1. The third kappa shape index (κ3) is 3.56. The first-order valence-electron chi connectivity index (χ1n) is 4.75. The molecule has 1 rings (SSSR count). The minimum Gasteiger partial charge on any atom is -0.383 e. The lowest BCUT2D eigenvalue weighted by molar-refractivity contribution is -0.120. The Kier molecular flexibility index (Phi) is 4.86. The van der Waals surface area contributed by atoms with Crippen LogP contribution in [0.1, 0.15) is 5.56 Å². The molecule has 0 saturated carbocycles. The number of ketones is 1. The van der Waals surface area contributed by atoms with Gasteiger partial charge in [-0.1, -0.05) is 17.7 Å². The number of rotatable bonds is 5. The summed E-state index contributed by atoms with van der Waals surface area (Å²) in [5.74, 6) is -0.726. The van der Waals surface area contributed by atoms with E-state index in [0.717, 1.165) is 0 Å². The van der Waals surface area contributed by atoms with Gasteiger partial charge in [-0.2, -0.15) is 0 Å². The fraction of sp³-hybridized carbons (Fsp3) is 0.364. The highest BCUT2D eigenvalue weighted by atomic mass is 35.5. The van der Waals surface area contributed by atoms with Gasteiger partial charge in [0.05, 0.1) is 17.7 Å². The molecule has 5 heteroatoms. The van der Waals surface area contributed by atoms with Crippen molar-refractivity contribution in [2.24, 2.45) is 5.73 Å². The van der Waals surface area contributed by atoms with Crippen LogP contribution in [0.25, 0.3) is 0 Å². The molecule has 0 bridgehead atoms. The van der Waals surface area contributed by atoms with Crippen LogP contribution in [0.3, 0.4) is 0 Å². The fourth-order valence-corrected chi connectivity index (χ4v) is 1.37. The number of nitrogens with two attached hydrogens (primary N) is 1. The number of carbonyl (C=O) groups excluding carboxylic acids is 1. The van der Waals surface area contributed by atoms with E-state index in [0.29, 0.717) is 5.56 Å². The lowest BCUT2D eigenvalue weighted by Gasteiger charge is -2.09. The molecule has 0 aliphatic carbocycles. The summed E-state index contributed by atoms with van der Waals surface area (Å²) in [7, 11) is 1.47. The number of hydrogen-bond donors (Lipinski definition) is 1. The smallest absolute Gasteiger partial charge is 0.156 e. The van der Waals surface area contributed by atoms with Crippen molar-refractivity contribution in [2.75, 3.05) is 13.7 Å². The molecule has 1 atom stereocenters. The van der Waals surface area contributed by atoms with E-state index in [1.54, 1.807) is 6.07 Å². The SMILES string of the molecule is COCC(N)C(=O)Cc1ccc(Cl)c(F)c1. The summed E-state index contributed by atoms with van der Waals surface area (Å²) < 4.78 is 17.8. The first-order chi connectivity index (χ1) is 7.54. The van der Waals surface area contributed by atoms with Crippen LogP contribution in [0.2, 0.25) is 5.02 Å². The van der Waals surface area contributed by atoms with Crippen molar-refractivity contribution in [3.05, 3.63) is 34.6 Å². The van der Waals surface area contributed by atoms with Gasteiger partial charge in [0.2, 0.25) is 0 Å². The third-order valence-electron chi connectivity index (χ3n) is 2.12. The Bertz CT molecular complexity index is 384. The Hall–Kier alpha value is -0.970. The molecule has 0 spiro atoms. The predicted octanol–water partition coefficient (Wildman–Crippen LogP) is 1.56. The minimum atomic E-state index is -0.677. The summed E-state index contributed by atoms with van der Waals surface area (Å²) in [5.41, 5.74) is 6.10. The second kappa shape index (κ2) is 5.94. The number of carbonyl (C=O) groups is 1. The Morgan fingerprint density at radius 1 is 1.62 bits per heavy atom. The molecule has 0 fully saturated rings. The lowest BCUT2D eigenvalue weighted by atomic mass is 10.0. The van der Waals surface area contributed by atoms with E-state index in [1.165, 1.54) is 19.2 Å². The van der Waals surface area contributed by atoms with E-state index in [2.05, 4.69) is 0 Å². The number of methoxy groups -OCH3 is 1. The number of Topliss-reactive ketones (excluding diaryl/α,β-unsaturated/α-hetero) is 1. The van der Waals surface area contributed by atoms with Gasteiger partial charge in [-0.05, 0) is 17.7 Å². The van der Waals surface area contributed by atoms with Crippen molar-refractivity contribution in [2.45, 2.75) is 12.5 Å². The highest BCUT2D eigenvalue weighted by Gasteiger charge is 2.14. The second-order valence-corrected chi connectivity index (χ2v) is 3.86. The molecule has 1 aromatic carbocycles. The van der Waals surface area contributed by atoms with E-state index in [-0.39, 0.29) is 23.8 Å².